The minimum absolute atomic E-state index is 0.113. The maximum Gasteiger partial charge on any atom is 0.0628 e. The van der Waals surface area contributed by atoms with Crippen molar-refractivity contribution in [2.45, 2.75) is 38.8 Å². The molecule has 3 heteroatoms. The van der Waals surface area contributed by atoms with E-state index in [1.54, 1.807) is 11.8 Å². The number of rotatable bonds is 5. The summed E-state index contributed by atoms with van der Waals surface area (Å²) in [5.74, 6) is 1.71. The molecule has 0 fully saturated rings. The van der Waals surface area contributed by atoms with E-state index in [0.29, 0.717) is 0 Å². The molecule has 0 radical (unpaired) electrons. The standard InChI is InChI=1S/C8H19NOS/c1-4-7(10)5-11-6-8(2,3)9/h7,10H,4-6,9H2,1-3H3. The fraction of sp³-hybridized carbons (Fsp3) is 1.00. The molecule has 0 bridgehead atoms. The molecular weight excluding hydrogens is 158 g/mol. The predicted molar refractivity (Wildman–Crippen MR) is 51.9 cm³/mol. The van der Waals surface area contributed by atoms with Gasteiger partial charge in [0.25, 0.3) is 0 Å². The van der Waals surface area contributed by atoms with Crippen LogP contribution in [-0.2, 0) is 0 Å². The molecule has 0 aliphatic heterocycles. The SMILES string of the molecule is CCC(O)CSCC(C)(C)N. The van der Waals surface area contributed by atoms with Crippen molar-refractivity contribution in [3.63, 3.8) is 0 Å². The molecule has 0 heterocycles. The van der Waals surface area contributed by atoms with Crippen molar-refractivity contribution >= 4 is 11.8 Å². The minimum Gasteiger partial charge on any atom is -0.392 e. The van der Waals surface area contributed by atoms with E-state index < -0.39 is 0 Å². The molecule has 1 atom stereocenters. The molecule has 0 saturated heterocycles. The van der Waals surface area contributed by atoms with Crippen LogP contribution in [0.1, 0.15) is 27.2 Å². The Bertz CT molecular complexity index is 101. The van der Waals surface area contributed by atoms with Crippen LogP contribution in [-0.4, -0.2) is 28.3 Å². The lowest BCUT2D eigenvalue weighted by molar-refractivity contribution is 0.195. The van der Waals surface area contributed by atoms with Crippen molar-refractivity contribution in [3.8, 4) is 0 Å². The summed E-state index contributed by atoms with van der Waals surface area (Å²) in [5, 5.41) is 9.19. The van der Waals surface area contributed by atoms with Crippen LogP contribution in [0.3, 0.4) is 0 Å². The van der Waals surface area contributed by atoms with E-state index in [0.717, 1.165) is 17.9 Å². The summed E-state index contributed by atoms with van der Waals surface area (Å²) in [6, 6.07) is 0. The van der Waals surface area contributed by atoms with Gasteiger partial charge in [0, 0.05) is 17.0 Å². The number of nitrogens with two attached hydrogens (primary N) is 1. The molecular formula is C8H19NOS. The summed E-state index contributed by atoms with van der Waals surface area (Å²) in [6.45, 7) is 5.98. The molecule has 68 valence electrons. The molecule has 0 aliphatic rings. The first-order valence-corrected chi connectivity index (χ1v) is 5.16. The largest absolute Gasteiger partial charge is 0.392 e. The zero-order chi connectivity index (χ0) is 8.91. The smallest absolute Gasteiger partial charge is 0.0628 e. The van der Waals surface area contributed by atoms with Gasteiger partial charge in [-0.25, -0.2) is 0 Å². The molecule has 0 saturated carbocycles. The van der Waals surface area contributed by atoms with Crippen molar-refractivity contribution in [3.05, 3.63) is 0 Å². The van der Waals surface area contributed by atoms with Crippen molar-refractivity contribution in [2.75, 3.05) is 11.5 Å². The first kappa shape index (κ1) is 11.3. The van der Waals surface area contributed by atoms with Gasteiger partial charge in [0.2, 0.25) is 0 Å². The second-order valence-corrected chi connectivity index (χ2v) is 4.60. The highest BCUT2D eigenvalue weighted by atomic mass is 32.2. The average Bonchev–Trinajstić information content (AvgIpc) is 1.85. The van der Waals surface area contributed by atoms with Gasteiger partial charge in [-0.3, -0.25) is 0 Å². The third-order valence-electron chi connectivity index (χ3n) is 1.26. The first-order chi connectivity index (χ1) is 4.95. The molecule has 11 heavy (non-hydrogen) atoms. The van der Waals surface area contributed by atoms with Crippen LogP contribution in [0, 0.1) is 0 Å². The summed E-state index contributed by atoms with van der Waals surface area (Å²) < 4.78 is 0. The normalized spacial score (nSPS) is 15.0. The summed E-state index contributed by atoms with van der Waals surface area (Å²) in [4.78, 5) is 0. The van der Waals surface area contributed by atoms with Crippen molar-refractivity contribution in [1.82, 2.24) is 0 Å². The molecule has 0 spiro atoms. The second-order valence-electron chi connectivity index (χ2n) is 3.57. The van der Waals surface area contributed by atoms with E-state index in [-0.39, 0.29) is 11.6 Å². The maximum atomic E-state index is 9.19. The van der Waals surface area contributed by atoms with Gasteiger partial charge in [0.15, 0.2) is 0 Å². The van der Waals surface area contributed by atoms with Gasteiger partial charge in [0.05, 0.1) is 6.10 Å². The van der Waals surface area contributed by atoms with Crippen LogP contribution in [0.5, 0.6) is 0 Å². The Balaban J connectivity index is 3.28. The highest BCUT2D eigenvalue weighted by Crippen LogP contribution is 2.11. The van der Waals surface area contributed by atoms with Gasteiger partial charge in [-0.05, 0) is 20.3 Å². The van der Waals surface area contributed by atoms with Gasteiger partial charge in [-0.15, -0.1) is 0 Å². The quantitative estimate of drug-likeness (QED) is 0.664. The Labute approximate surface area is 73.6 Å². The number of aliphatic hydroxyl groups is 1. The highest BCUT2D eigenvalue weighted by molar-refractivity contribution is 7.99. The van der Waals surface area contributed by atoms with Crippen LogP contribution in [0.4, 0.5) is 0 Å². The topological polar surface area (TPSA) is 46.2 Å². The molecule has 2 nitrogen and oxygen atoms in total. The van der Waals surface area contributed by atoms with Crippen LogP contribution >= 0.6 is 11.8 Å². The summed E-state index contributed by atoms with van der Waals surface area (Å²) in [6.07, 6.45) is 0.667. The molecule has 0 aromatic heterocycles. The number of hydrogen-bond donors (Lipinski definition) is 2. The molecule has 0 aromatic rings. The average molecular weight is 177 g/mol. The van der Waals surface area contributed by atoms with Gasteiger partial charge in [-0.2, -0.15) is 11.8 Å². The van der Waals surface area contributed by atoms with Gasteiger partial charge in [0.1, 0.15) is 0 Å². The summed E-state index contributed by atoms with van der Waals surface area (Å²) >= 11 is 1.72. The Morgan fingerprint density at radius 3 is 2.45 bits per heavy atom. The van der Waals surface area contributed by atoms with E-state index in [2.05, 4.69) is 0 Å². The highest BCUT2D eigenvalue weighted by Gasteiger charge is 2.11. The number of thioether (sulfide) groups is 1. The lowest BCUT2D eigenvalue weighted by atomic mass is 10.1. The predicted octanol–water partition coefficient (Wildman–Crippen LogP) is 1.23. The zero-order valence-corrected chi connectivity index (χ0v) is 8.45. The fourth-order valence-electron chi connectivity index (χ4n) is 0.576. The lowest BCUT2D eigenvalue weighted by Crippen LogP contribution is -2.35. The monoisotopic (exact) mass is 177 g/mol. The fourth-order valence-corrected chi connectivity index (χ4v) is 1.73. The molecule has 0 rings (SSSR count). The number of aliphatic hydroxyl groups excluding tert-OH is 1. The van der Waals surface area contributed by atoms with E-state index in [1.165, 1.54) is 0 Å². The maximum absolute atomic E-state index is 9.19. The van der Waals surface area contributed by atoms with Gasteiger partial charge in [-0.1, -0.05) is 6.92 Å². The van der Waals surface area contributed by atoms with Crippen LogP contribution in [0.25, 0.3) is 0 Å². The van der Waals surface area contributed by atoms with Crippen LogP contribution in [0.15, 0.2) is 0 Å². The Kier molecular flexibility index (Phi) is 5.13. The van der Waals surface area contributed by atoms with Crippen LogP contribution < -0.4 is 5.73 Å². The molecule has 3 N–H and O–H groups in total. The Hall–Kier alpha value is 0.270. The molecule has 0 amide bonds. The van der Waals surface area contributed by atoms with E-state index in [1.807, 2.05) is 20.8 Å². The number of hydrogen-bond acceptors (Lipinski definition) is 3. The van der Waals surface area contributed by atoms with E-state index in [9.17, 15) is 5.11 Å². The van der Waals surface area contributed by atoms with Crippen LogP contribution in [0.2, 0.25) is 0 Å². The molecule has 1 unspecified atom stereocenters. The zero-order valence-electron chi connectivity index (χ0n) is 7.63. The van der Waals surface area contributed by atoms with Gasteiger partial charge >= 0.3 is 0 Å². The summed E-state index contributed by atoms with van der Waals surface area (Å²) in [7, 11) is 0. The Morgan fingerprint density at radius 2 is 2.09 bits per heavy atom. The Morgan fingerprint density at radius 1 is 1.55 bits per heavy atom. The van der Waals surface area contributed by atoms with Crippen molar-refractivity contribution < 1.29 is 5.11 Å². The van der Waals surface area contributed by atoms with E-state index >= 15 is 0 Å². The second kappa shape index (κ2) is 5.01. The molecule has 0 aliphatic carbocycles. The molecule has 0 aromatic carbocycles. The third-order valence-corrected chi connectivity index (χ3v) is 2.82. The minimum atomic E-state index is -0.164. The lowest BCUT2D eigenvalue weighted by Gasteiger charge is -2.18. The van der Waals surface area contributed by atoms with E-state index in [4.69, 9.17) is 5.73 Å². The summed E-state index contributed by atoms with van der Waals surface area (Å²) in [5.41, 5.74) is 5.65. The third kappa shape index (κ3) is 8.17. The van der Waals surface area contributed by atoms with Crippen molar-refractivity contribution in [1.29, 1.82) is 0 Å². The first-order valence-electron chi connectivity index (χ1n) is 4.00. The van der Waals surface area contributed by atoms with Crippen molar-refractivity contribution in [2.24, 2.45) is 5.73 Å². The van der Waals surface area contributed by atoms with Gasteiger partial charge < -0.3 is 10.8 Å².